The highest BCUT2D eigenvalue weighted by atomic mass is 19.1. The number of carbonyl (C=O) groups is 1. The molecule has 0 atom stereocenters. The Morgan fingerprint density at radius 3 is 2.68 bits per heavy atom. The number of halogens is 1. The Labute approximate surface area is 145 Å². The van der Waals surface area contributed by atoms with Crippen molar-refractivity contribution in [1.29, 1.82) is 0 Å². The highest BCUT2D eigenvalue weighted by Crippen LogP contribution is 2.29. The summed E-state index contributed by atoms with van der Waals surface area (Å²) in [5.74, 6) is -0.0243. The minimum atomic E-state index is -0.316. The molecular weight excluding hydrogens is 317 g/mol. The lowest BCUT2D eigenvalue weighted by atomic mass is 10.1. The van der Waals surface area contributed by atoms with Crippen LogP contribution >= 0.6 is 0 Å². The normalized spacial score (nSPS) is 11.6. The highest BCUT2D eigenvalue weighted by Gasteiger charge is 2.15. The molecule has 0 fully saturated rings. The second-order valence-corrected chi connectivity index (χ2v) is 5.62. The molecule has 0 aliphatic carbocycles. The van der Waals surface area contributed by atoms with E-state index in [0.29, 0.717) is 17.2 Å². The second kappa shape index (κ2) is 7.13. The first-order valence-corrected chi connectivity index (χ1v) is 7.93. The summed E-state index contributed by atoms with van der Waals surface area (Å²) >= 11 is 0. The number of aryl methyl sites for hydroxylation is 1. The van der Waals surface area contributed by atoms with Crippen LogP contribution in [-0.4, -0.2) is 15.3 Å². The van der Waals surface area contributed by atoms with Crippen LogP contribution in [0.15, 0.2) is 66.9 Å². The number of fused-ring (bicyclic) bond motifs is 1. The average Bonchev–Trinajstić information content (AvgIpc) is 2.93. The molecule has 25 heavy (non-hydrogen) atoms. The van der Waals surface area contributed by atoms with E-state index >= 15 is 0 Å². The van der Waals surface area contributed by atoms with Crippen molar-refractivity contribution >= 4 is 17.4 Å². The molecule has 126 valence electrons. The van der Waals surface area contributed by atoms with Crippen molar-refractivity contribution in [1.82, 2.24) is 9.38 Å². The fraction of sp³-hybridized carbons (Fsp3) is 0.100. The van der Waals surface area contributed by atoms with Gasteiger partial charge in [0.1, 0.15) is 23.0 Å². The number of hydrogen-bond donors (Lipinski definition) is 1. The Kier molecular flexibility index (Phi) is 4.75. The van der Waals surface area contributed by atoms with E-state index in [-0.39, 0.29) is 11.7 Å². The summed E-state index contributed by atoms with van der Waals surface area (Å²) in [5.41, 5.74) is 3.11. The second-order valence-electron chi connectivity index (χ2n) is 5.62. The van der Waals surface area contributed by atoms with E-state index in [9.17, 15) is 9.18 Å². The van der Waals surface area contributed by atoms with Gasteiger partial charge in [0, 0.05) is 17.8 Å². The standard InChI is InChI=1S/C20H18FN3O/c1-3-4-5-6-18(25)23-20-19(15-7-9-16(21)10-8-15)22-17-13-14(2)11-12-24(17)20/h3-13H,1-2H3,(H,23,25)/b4-3+,6-5+. The number of imidazole rings is 1. The Balaban J connectivity index is 2.08. The van der Waals surface area contributed by atoms with Gasteiger partial charge in [-0.25, -0.2) is 9.37 Å². The maximum Gasteiger partial charge on any atom is 0.249 e. The van der Waals surface area contributed by atoms with Crippen LogP contribution in [0.2, 0.25) is 0 Å². The van der Waals surface area contributed by atoms with Crippen LogP contribution in [0.5, 0.6) is 0 Å². The van der Waals surface area contributed by atoms with Crippen molar-refractivity contribution in [3.63, 3.8) is 0 Å². The molecule has 2 aromatic heterocycles. The molecule has 2 heterocycles. The topological polar surface area (TPSA) is 46.4 Å². The molecular formula is C20H18FN3O. The van der Waals surface area contributed by atoms with E-state index in [0.717, 1.165) is 11.1 Å². The van der Waals surface area contributed by atoms with Crippen molar-refractivity contribution in [2.75, 3.05) is 5.32 Å². The third-order valence-corrected chi connectivity index (χ3v) is 3.69. The van der Waals surface area contributed by atoms with Crippen molar-refractivity contribution in [2.24, 2.45) is 0 Å². The predicted octanol–water partition coefficient (Wildman–Crippen LogP) is 4.52. The predicted molar refractivity (Wildman–Crippen MR) is 97.9 cm³/mol. The third-order valence-electron chi connectivity index (χ3n) is 3.69. The Bertz CT molecular complexity index is 969. The van der Waals surface area contributed by atoms with Gasteiger partial charge in [0.15, 0.2) is 0 Å². The smallest absolute Gasteiger partial charge is 0.249 e. The fourth-order valence-corrected chi connectivity index (χ4v) is 2.49. The first kappa shape index (κ1) is 16.6. The van der Waals surface area contributed by atoms with Crippen LogP contribution in [0.4, 0.5) is 10.2 Å². The molecule has 0 saturated carbocycles. The monoisotopic (exact) mass is 335 g/mol. The lowest BCUT2D eigenvalue weighted by Crippen LogP contribution is -2.10. The molecule has 1 aromatic carbocycles. The zero-order valence-electron chi connectivity index (χ0n) is 14.0. The number of aromatic nitrogens is 2. The molecule has 0 radical (unpaired) electrons. The number of nitrogens with zero attached hydrogens (tertiary/aromatic N) is 2. The molecule has 0 aliphatic heterocycles. The first-order chi connectivity index (χ1) is 12.1. The van der Waals surface area contributed by atoms with Gasteiger partial charge < -0.3 is 5.32 Å². The molecule has 0 spiro atoms. The summed E-state index contributed by atoms with van der Waals surface area (Å²) in [5, 5.41) is 2.87. The van der Waals surface area contributed by atoms with E-state index in [1.807, 2.05) is 42.7 Å². The molecule has 0 saturated heterocycles. The Morgan fingerprint density at radius 1 is 1.20 bits per heavy atom. The molecule has 0 bridgehead atoms. The SMILES string of the molecule is C/C=C/C=C/C(=O)Nc1c(-c2ccc(F)cc2)nc2cc(C)ccn12. The lowest BCUT2D eigenvalue weighted by molar-refractivity contribution is -0.111. The van der Waals surface area contributed by atoms with Crippen LogP contribution in [0.3, 0.4) is 0 Å². The largest absolute Gasteiger partial charge is 0.306 e. The summed E-state index contributed by atoms with van der Waals surface area (Å²) in [7, 11) is 0. The number of pyridine rings is 1. The number of carbonyl (C=O) groups excluding carboxylic acids is 1. The Morgan fingerprint density at radius 2 is 1.96 bits per heavy atom. The summed E-state index contributed by atoms with van der Waals surface area (Å²) in [6, 6.07) is 9.92. The highest BCUT2D eigenvalue weighted by molar-refractivity contribution is 6.01. The van der Waals surface area contributed by atoms with Gasteiger partial charge in [-0.15, -0.1) is 0 Å². The quantitative estimate of drug-likeness (QED) is 0.563. The van der Waals surface area contributed by atoms with Crippen LogP contribution < -0.4 is 5.32 Å². The van der Waals surface area contributed by atoms with Gasteiger partial charge in [-0.1, -0.05) is 18.2 Å². The number of allylic oxidation sites excluding steroid dienone is 3. The van der Waals surface area contributed by atoms with Gasteiger partial charge in [-0.05, 0) is 55.8 Å². The van der Waals surface area contributed by atoms with E-state index in [2.05, 4.69) is 10.3 Å². The fourth-order valence-electron chi connectivity index (χ4n) is 2.49. The van der Waals surface area contributed by atoms with Crippen LogP contribution in [-0.2, 0) is 4.79 Å². The minimum Gasteiger partial charge on any atom is -0.306 e. The van der Waals surface area contributed by atoms with Crippen LogP contribution in [0.1, 0.15) is 12.5 Å². The summed E-state index contributed by atoms with van der Waals surface area (Å²) in [6.07, 6.45) is 8.58. The maximum atomic E-state index is 13.2. The van der Waals surface area contributed by atoms with Crippen molar-refractivity contribution in [3.05, 3.63) is 78.3 Å². The van der Waals surface area contributed by atoms with Gasteiger partial charge in [-0.3, -0.25) is 9.20 Å². The summed E-state index contributed by atoms with van der Waals surface area (Å²) < 4.78 is 15.0. The van der Waals surface area contributed by atoms with Gasteiger partial charge in [-0.2, -0.15) is 0 Å². The lowest BCUT2D eigenvalue weighted by Gasteiger charge is -2.06. The number of hydrogen-bond acceptors (Lipinski definition) is 2. The van der Waals surface area contributed by atoms with Crippen LogP contribution in [0.25, 0.3) is 16.9 Å². The molecule has 1 amide bonds. The molecule has 5 heteroatoms. The van der Waals surface area contributed by atoms with Crippen molar-refractivity contribution < 1.29 is 9.18 Å². The number of nitrogens with one attached hydrogen (secondary N) is 1. The zero-order chi connectivity index (χ0) is 17.8. The third kappa shape index (κ3) is 3.66. The molecule has 3 rings (SSSR count). The number of rotatable bonds is 4. The van der Waals surface area contributed by atoms with Gasteiger partial charge in [0.25, 0.3) is 0 Å². The summed E-state index contributed by atoms with van der Waals surface area (Å²) in [4.78, 5) is 16.8. The number of amides is 1. The first-order valence-electron chi connectivity index (χ1n) is 7.93. The van der Waals surface area contributed by atoms with Gasteiger partial charge >= 0.3 is 0 Å². The van der Waals surface area contributed by atoms with Gasteiger partial charge in [0.05, 0.1) is 0 Å². The molecule has 0 unspecified atom stereocenters. The number of benzene rings is 1. The van der Waals surface area contributed by atoms with Gasteiger partial charge in [0.2, 0.25) is 5.91 Å². The summed E-state index contributed by atoms with van der Waals surface area (Å²) in [6.45, 7) is 3.85. The molecule has 1 N–H and O–H groups in total. The minimum absolute atomic E-state index is 0.260. The Hall–Kier alpha value is -3.21. The number of anilines is 1. The van der Waals surface area contributed by atoms with E-state index < -0.39 is 0 Å². The molecule has 0 aliphatic rings. The van der Waals surface area contributed by atoms with E-state index in [1.165, 1.54) is 18.2 Å². The van der Waals surface area contributed by atoms with Crippen molar-refractivity contribution in [3.8, 4) is 11.3 Å². The zero-order valence-corrected chi connectivity index (χ0v) is 14.0. The maximum absolute atomic E-state index is 13.2. The van der Waals surface area contributed by atoms with Crippen molar-refractivity contribution in [2.45, 2.75) is 13.8 Å². The van der Waals surface area contributed by atoms with Crippen LogP contribution in [0, 0.1) is 12.7 Å². The average molecular weight is 335 g/mol. The van der Waals surface area contributed by atoms with E-state index in [1.54, 1.807) is 24.3 Å². The molecule has 3 aromatic rings. The van der Waals surface area contributed by atoms with E-state index in [4.69, 9.17) is 0 Å². The molecule has 4 nitrogen and oxygen atoms in total.